The molecule has 0 rings (SSSR count). The Morgan fingerprint density at radius 2 is 1.78 bits per heavy atom. The zero-order valence-corrected chi connectivity index (χ0v) is 6.66. The van der Waals surface area contributed by atoms with E-state index in [1.165, 1.54) is 0 Å². The lowest BCUT2D eigenvalue weighted by Gasteiger charge is -2.01. The molecule has 0 aromatic heterocycles. The van der Waals surface area contributed by atoms with Crippen LogP contribution in [0.5, 0.6) is 0 Å². The fourth-order valence-corrected chi connectivity index (χ4v) is 0.563. The van der Waals surface area contributed by atoms with Gasteiger partial charge in [-0.15, -0.1) is 0 Å². The minimum atomic E-state index is 0.0463. The summed E-state index contributed by atoms with van der Waals surface area (Å²) in [6, 6.07) is 0. The Bertz CT molecular complexity index is 108. The van der Waals surface area contributed by atoms with E-state index in [4.69, 9.17) is 0 Å². The zero-order chi connectivity index (χ0) is 7.44. The molecule has 0 saturated heterocycles. The van der Waals surface area contributed by atoms with Crippen LogP contribution < -0.4 is 0 Å². The molecule has 0 saturated carbocycles. The molecule has 0 spiro atoms. The Morgan fingerprint density at radius 1 is 1.33 bits per heavy atom. The number of allylic oxidation sites excluding steroid dienone is 2. The van der Waals surface area contributed by atoms with Crippen molar-refractivity contribution >= 4 is 0 Å². The summed E-state index contributed by atoms with van der Waals surface area (Å²) >= 11 is 0. The second kappa shape index (κ2) is 3.65. The quantitative estimate of drug-likeness (QED) is 0.538. The summed E-state index contributed by atoms with van der Waals surface area (Å²) in [6.07, 6.45) is 0.586. The molecule has 0 nitrogen and oxygen atoms in total. The van der Waals surface area contributed by atoms with Gasteiger partial charge in [-0.2, -0.15) is 0 Å². The van der Waals surface area contributed by atoms with Crippen molar-refractivity contribution in [2.75, 3.05) is 0 Å². The molecule has 0 atom stereocenters. The van der Waals surface area contributed by atoms with Gasteiger partial charge < -0.3 is 0 Å². The highest BCUT2D eigenvalue weighted by atomic mass is 19.1. The Kier molecular flexibility index (Phi) is 3.52. The third-order valence-electron chi connectivity index (χ3n) is 1.13. The molecule has 54 valence electrons. The highest BCUT2D eigenvalue weighted by Crippen LogP contribution is 2.14. The van der Waals surface area contributed by atoms with Crippen LogP contribution in [0.3, 0.4) is 0 Å². The van der Waals surface area contributed by atoms with Crippen LogP contribution in [0.15, 0.2) is 11.4 Å². The standard InChI is InChI=1S/C8H15F/c1-6(2)5-8(9)7(3)4/h6H,5H2,1-4H3. The van der Waals surface area contributed by atoms with Gasteiger partial charge in [0.1, 0.15) is 0 Å². The maximum Gasteiger partial charge on any atom is 0.0988 e. The molecule has 0 amide bonds. The molecule has 0 fully saturated rings. The molecular weight excluding hydrogens is 115 g/mol. The van der Waals surface area contributed by atoms with Crippen molar-refractivity contribution in [1.82, 2.24) is 0 Å². The Hall–Kier alpha value is -0.330. The van der Waals surface area contributed by atoms with Crippen molar-refractivity contribution in [3.8, 4) is 0 Å². The first-order valence-corrected chi connectivity index (χ1v) is 3.36. The molecular formula is C8H15F. The van der Waals surface area contributed by atoms with Crippen LogP contribution in [0.1, 0.15) is 34.1 Å². The minimum absolute atomic E-state index is 0.0463. The van der Waals surface area contributed by atoms with E-state index in [9.17, 15) is 4.39 Å². The normalized spacial score (nSPS) is 10.0. The third-order valence-corrected chi connectivity index (χ3v) is 1.13. The van der Waals surface area contributed by atoms with Crippen LogP contribution in [0.2, 0.25) is 0 Å². The summed E-state index contributed by atoms with van der Waals surface area (Å²) < 4.78 is 12.7. The number of hydrogen-bond donors (Lipinski definition) is 0. The predicted octanol–water partition coefficient (Wildman–Crippen LogP) is 3.30. The highest BCUT2D eigenvalue weighted by Gasteiger charge is 1.99. The molecule has 0 aromatic carbocycles. The lowest BCUT2D eigenvalue weighted by molar-refractivity contribution is 0.508. The van der Waals surface area contributed by atoms with Gasteiger partial charge in [0, 0.05) is 6.42 Å². The van der Waals surface area contributed by atoms with Gasteiger partial charge in [0.15, 0.2) is 0 Å². The van der Waals surface area contributed by atoms with Crippen molar-refractivity contribution in [2.45, 2.75) is 34.1 Å². The van der Waals surface area contributed by atoms with Crippen LogP contribution >= 0.6 is 0 Å². The summed E-state index contributed by atoms with van der Waals surface area (Å²) in [5.41, 5.74) is 0.809. The average molecular weight is 130 g/mol. The van der Waals surface area contributed by atoms with Crippen molar-refractivity contribution in [3.05, 3.63) is 11.4 Å². The maximum absolute atomic E-state index is 12.7. The molecule has 0 radical (unpaired) electrons. The third kappa shape index (κ3) is 4.19. The SMILES string of the molecule is CC(C)=C(F)CC(C)C. The Labute approximate surface area is 56.8 Å². The predicted molar refractivity (Wildman–Crippen MR) is 38.9 cm³/mol. The number of rotatable bonds is 2. The summed E-state index contributed by atoms with van der Waals surface area (Å²) in [4.78, 5) is 0. The van der Waals surface area contributed by atoms with Crippen LogP contribution in [0.4, 0.5) is 4.39 Å². The fraction of sp³-hybridized carbons (Fsp3) is 0.750. The van der Waals surface area contributed by atoms with Crippen molar-refractivity contribution in [1.29, 1.82) is 0 Å². The smallest absolute Gasteiger partial charge is 0.0988 e. The largest absolute Gasteiger partial charge is 0.212 e. The molecule has 0 N–H and O–H groups in total. The maximum atomic E-state index is 12.7. The molecule has 0 aliphatic rings. The van der Waals surface area contributed by atoms with E-state index in [0.717, 1.165) is 5.57 Å². The molecule has 0 heterocycles. The summed E-state index contributed by atoms with van der Waals surface area (Å²) in [5.74, 6) is 0.477. The van der Waals surface area contributed by atoms with Gasteiger partial charge in [-0.05, 0) is 25.3 Å². The molecule has 9 heavy (non-hydrogen) atoms. The summed E-state index contributed by atoms with van der Waals surface area (Å²) in [5, 5.41) is 0. The van der Waals surface area contributed by atoms with Gasteiger partial charge in [0.2, 0.25) is 0 Å². The van der Waals surface area contributed by atoms with Crippen molar-refractivity contribution < 1.29 is 4.39 Å². The van der Waals surface area contributed by atoms with E-state index in [1.54, 1.807) is 13.8 Å². The van der Waals surface area contributed by atoms with Gasteiger partial charge in [-0.1, -0.05) is 13.8 Å². The fourth-order valence-electron chi connectivity index (χ4n) is 0.563. The zero-order valence-electron chi connectivity index (χ0n) is 6.66. The Morgan fingerprint density at radius 3 is 1.89 bits per heavy atom. The first-order chi connectivity index (χ1) is 4.04. The monoisotopic (exact) mass is 130 g/mol. The van der Waals surface area contributed by atoms with Crippen LogP contribution in [-0.2, 0) is 0 Å². The molecule has 0 aliphatic carbocycles. The van der Waals surface area contributed by atoms with Crippen molar-refractivity contribution in [2.24, 2.45) is 5.92 Å². The number of hydrogen-bond acceptors (Lipinski definition) is 0. The van der Waals surface area contributed by atoms with E-state index >= 15 is 0 Å². The van der Waals surface area contributed by atoms with Crippen molar-refractivity contribution in [3.63, 3.8) is 0 Å². The molecule has 0 bridgehead atoms. The first-order valence-electron chi connectivity index (χ1n) is 3.36. The lowest BCUT2D eigenvalue weighted by atomic mass is 10.1. The van der Waals surface area contributed by atoms with Gasteiger partial charge in [-0.25, -0.2) is 4.39 Å². The topological polar surface area (TPSA) is 0 Å². The van der Waals surface area contributed by atoms with Gasteiger partial charge in [-0.3, -0.25) is 0 Å². The summed E-state index contributed by atoms with van der Waals surface area (Å²) in [7, 11) is 0. The van der Waals surface area contributed by atoms with Crippen LogP contribution in [0.25, 0.3) is 0 Å². The van der Waals surface area contributed by atoms with Crippen LogP contribution in [0, 0.1) is 5.92 Å². The van der Waals surface area contributed by atoms with Gasteiger partial charge in [0.25, 0.3) is 0 Å². The van der Waals surface area contributed by atoms with E-state index in [2.05, 4.69) is 0 Å². The molecule has 0 aliphatic heterocycles. The van der Waals surface area contributed by atoms with E-state index < -0.39 is 0 Å². The first kappa shape index (κ1) is 8.67. The highest BCUT2D eigenvalue weighted by molar-refractivity contribution is 5.01. The van der Waals surface area contributed by atoms with Gasteiger partial charge >= 0.3 is 0 Å². The lowest BCUT2D eigenvalue weighted by Crippen LogP contribution is -1.88. The van der Waals surface area contributed by atoms with Crippen LogP contribution in [-0.4, -0.2) is 0 Å². The molecule has 0 aromatic rings. The van der Waals surface area contributed by atoms with E-state index in [1.807, 2.05) is 13.8 Å². The average Bonchev–Trinajstić information content (AvgIpc) is 1.63. The van der Waals surface area contributed by atoms with E-state index in [-0.39, 0.29) is 5.83 Å². The Balaban J connectivity index is 3.77. The minimum Gasteiger partial charge on any atom is -0.212 e. The molecule has 1 heteroatoms. The molecule has 0 unspecified atom stereocenters. The summed E-state index contributed by atoms with van der Waals surface area (Å²) in [6.45, 7) is 7.64. The van der Waals surface area contributed by atoms with Gasteiger partial charge in [0.05, 0.1) is 5.83 Å². The second-order valence-corrected chi connectivity index (χ2v) is 3.00. The second-order valence-electron chi connectivity index (χ2n) is 3.00. The van der Waals surface area contributed by atoms with E-state index in [0.29, 0.717) is 12.3 Å². The number of halogens is 1.